The molecule has 0 bridgehead atoms. The molecule has 1 aliphatic rings. The molecule has 2 rings (SSSR count). The molecule has 1 heterocycles. The molecule has 3 nitrogen and oxygen atoms in total. The van der Waals surface area contributed by atoms with E-state index in [1.807, 2.05) is 0 Å². The third kappa shape index (κ3) is 2.72. The van der Waals surface area contributed by atoms with Crippen molar-refractivity contribution in [3.8, 4) is 11.5 Å². The molecule has 0 unspecified atom stereocenters. The van der Waals surface area contributed by atoms with Gasteiger partial charge in [0, 0.05) is 5.56 Å². The highest BCUT2D eigenvalue weighted by Gasteiger charge is 2.32. The van der Waals surface area contributed by atoms with Crippen LogP contribution in [0.3, 0.4) is 0 Å². The minimum Gasteiger partial charge on any atom is -0.508 e. The molecular weight excluding hydrogens is 216 g/mol. The topological polar surface area (TPSA) is 49.7 Å². The van der Waals surface area contributed by atoms with E-state index in [0.717, 1.165) is 18.4 Å². The summed E-state index contributed by atoms with van der Waals surface area (Å²) in [6.07, 6.45) is 4.88. The van der Waals surface area contributed by atoms with Crippen molar-refractivity contribution >= 4 is 0 Å². The zero-order valence-electron chi connectivity index (χ0n) is 10.2. The molecule has 0 radical (unpaired) electrons. The first-order chi connectivity index (χ1) is 8.22. The molecule has 2 N–H and O–H groups in total. The van der Waals surface area contributed by atoms with Gasteiger partial charge in [-0.2, -0.15) is 0 Å². The zero-order chi connectivity index (χ0) is 12.3. The Labute approximate surface area is 102 Å². The fraction of sp³-hybridized carbons (Fsp3) is 0.571. The van der Waals surface area contributed by atoms with Gasteiger partial charge in [0.1, 0.15) is 11.5 Å². The van der Waals surface area contributed by atoms with E-state index in [0.29, 0.717) is 5.75 Å². The van der Waals surface area contributed by atoms with Crippen molar-refractivity contribution in [1.29, 1.82) is 0 Å². The van der Waals surface area contributed by atoms with Crippen LogP contribution in [-0.4, -0.2) is 16.5 Å². The number of hydrogen-bond acceptors (Lipinski definition) is 3. The Bertz CT molecular complexity index is 376. The minimum absolute atomic E-state index is 0.00829. The van der Waals surface area contributed by atoms with Crippen molar-refractivity contribution in [1.82, 2.24) is 0 Å². The summed E-state index contributed by atoms with van der Waals surface area (Å²) in [7, 11) is 0. The van der Waals surface area contributed by atoms with Crippen molar-refractivity contribution in [2.75, 3.05) is 0 Å². The average Bonchev–Trinajstić information content (AvgIpc) is 2.61. The van der Waals surface area contributed by atoms with Crippen LogP contribution < -0.4 is 4.74 Å². The zero-order valence-corrected chi connectivity index (χ0v) is 10.2. The van der Waals surface area contributed by atoms with Crippen LogP contribution in [0.2, 0.25) is 0 Å². The van der Waals surface area contributed by atoms with E-state index in [9.17, 15) is 10.2 Å². The van der Waals surface area contributed by atoms with Gasteiger partial charge < -0.3 is 14.9 Å². The number of benzene rings is 1. The summed E-state index contributed by atoms with van der Waals surface area (Å²) in [4.78, 5) is 0. The van der Waals surface area contributed by atoms with Gasteiger partial charge in [0.05, 0.1) is 5.92 Å². The number of aliphatic hydroxyl groups is 1. The van der Waals surface area contributed by atoms with Crippen LogP contribution in [0.5, 0.6) is 11.5 Å². The minimum atomic E-state index is -0.756. The summed E-state index contributed by atoms with van der Waals surface area (Å²) in [6.45, 7) is 2.18. The standard InChI is InChI=1S/C14H20O3/c1-2-3-4-5-6-11-12-9-10(15)7-8-13(12)17-14(11)16/h7-9,11,14-16H,2-6H2,1H3/t11-,14-/m1/s1. The molecule has 0 aromatic heterocycles. The number of fused-ring (bicyclic) bond motifs is 1. The Balaban J connectivity index is 2.01. The van der Waals surface area contributed by atoms with Gasteiger partial charge in [-0.15, -0.1) is 0 Å². The molecule has 94 valence electrons. The first kappa shape index (κ1) is 12.2. The van der Waals surface area contributed by atoms with Crippen LogP contribution >= 0.6 is 0 Å². The highest BCUT2D eigenvalue weighted by molar-refractivity contribution is 5.44. The maximum atomic E-state index is 9.85. The second kappa shape index (κ2) is 5.41. The molecular formula is C14H20O3. The van der Waals surface area contributed by atoms with E-state index >= 15 is 0 Å². The Morgan fingerprint density at radius 3 is 2.82 bits per heavy atom. The molecule has 0 fully saturated rings. The van der Waals surface area contributed by atoms with E-state index < -0.39 is 6.29 Å². The normalized spacial score (nSPS) is 22.2. The van der Waals surface area contributed by atoms with Crippen molar-refractivity contribution in [2.45, 2.75) is 51.2 Å². The summed E-state index contributed by atoms with van der Waals surface area (Å²) in [5.74, 6) is 0.949. The molecule has 0 saturated heterocycles. The fourth-order valence-electron chi connectivity index (χ4n) is 2.39. The van der Waals surface area contributed by atoms with Crippen LogP contribution in [0.4, 0.5) is 0 Å². The lowest BCUT2D eigenvalue weighted by Crippen LogP contribution is -2.17. The molecule has 1 aliphatic heterocycles. The molecule has 0 spiro atoms. The van der Waals surface area contributed by atoms with Crippen molar-refractivity contribution < 1.29 is 14.9 Å². The lowest BCUT2D eigenvalue weighted by atomic mass is 9.93. The smallest absolute Gasteiger partial charge is 0.204 e. The highest BCUT2D eigenvalue weighted by atomic mass is 16.6. The van der Waals surface area contributed by atoms with Crippen LogP contribution in [0.1, 0.15) is 50.5 Å². The van der Waals surface area contributed by atoms with Gasteiger partial charge in [-0.1, -0.05) is 32.6 Å². The van der Waals surface area contributed by atoms with E-state index in [4.69, 9.17) is 4.74 Å². The van der Waals surface area contributed by atoms with Crippen LogP contribution in [0.15, 0.2) is 18.2 Å². The number of aromatic hydroxyl groups is 1. The monoisotopic (exact) mass is 236 g/mol. The molecule has 2 atom stereocenters. The molecule has 0 amide bonds. The van der Waals surface area contributed by atoms with Crippen molar-refractivity contribution in [3.63, 3.8) is 0 Å². The molecule has 1 aromatic rings. The number of ether oxygens (including phenoxy) is 1. The third-order valence-corrected chi connectivity index (χ3v) is 3.35. The summed E-state index contributed by atoms with van der Waals surface area (Å²) in [5, 5.41) is 19.3. The van der Waals surface area contributed by atoms with Crippen LogP contribution in [0.25, 0.3) is 0 Å². The molecule has 17 heavy (non-hydrogen) atoms. The largest absolute Gasteiger partial charge is 0.508 e. The number of phenolic OH excluding ortho intramolecular Hbond substituents is 1. The summed E-state index contributed by atoms with van der Waals surface area (Å²) in [6, 6.07) is 5.01. The Morgan fingerprint density at radius 1 is 1.24 bits per heavy atom. The van der Waals surface area contributed by atoms with Gasteiger partial charge >= 0.3 is 0 Å². The predicted octanol–water partition coefficient (Wildman–Crippen LogP) is 3.16. The molecule has 0 aliphatic carbocycles. The van der Waals surface area contributed by atoms with Gasteiger partial charge in [0.15, 0.2) is 0 Å². The fourth-order valence-corrected chi connectivity index (χ4v) is 2.39. The van der Waals surface area contributed by atoms with Crippen LogP contribution in [-0.2, 0) is 0 Å². The predicted molar refractivity (Wildman–Crippen MR) is 66.2 cm³/mol. The van der Waals surface area contributed by atoms with E-state index in [1.54, 1.807) is 18.2 Å². The van der Waals surface area contributed by atoms with E-state index in [-0.39, 0.29) is 11.7 Å². The lowest BCUT2D eigenvalue weighted by molar-refractivity contribution is -0.0203. The molecule has 0 saturated carbocycles. The van der Waals surface area contributed by atoms with Gasteiger partial charge in [-0.05, 0) is 24.6 Å². The first-order valence-corrected chi connectivity index (χ1v) is 6.40. The van der Waals surface area contributed by atoms with Gasteiger partial charge in [0.25, 0.3) is 0 Å². The van der Waals surface area contributed by atoms with E-state index in [1.165, 1.54) is 19.3 Å². The first-order valence-electron chi connectivity index (χ1n) is 6.40. The maximum Gasteiger partial charge on any atom is 0.204 e. The Morgan fingerprint density at radius 2 is 2.06 bits per heavy atom. The van der Waals surface area contributed by atoms with Gasteiger partial charge in [-0.25, -0.2) is 0 Å². The number of aliphatic hydroxyl groups excluding tert-OH is 1. The number of unbranched alkanes of at least 4 members (excludes halogenated alkanes) is 3. The lowest BCUT2D eigenvalue weighted by Gasteiger charge is -2.13. The average molecular weight is 236 g/mol. The molecule has 3 heteroatoms. The number of phenols is 1. The van der Waals surface area contributed by atoms with Gasteiger partial charge in [0.2, 0.25) is 6.29 Å². The second-order valence-corrected chi connectivity index (χ2v) is 4.69. The quantitative estimate of drug-likeness (QED) is 0.772. The summed E-state index contributed by atoms with van der Waals surface area (Å²) < 4.78 is 5.38. The number of rotatable bonds is 5. The third-order valence-electron chi connectivity index (χ3n) is 3.35. The maximum absolute atomic E-state index is 9.85. The second-order valence-electron chi connectivity index (χ2n) is 4.69. The SMILES string of the molecule is CCCCCC[C@@H]1c2cc(O)ccc2O[C@H]1O. The summed E-state index contributed by atoms with van der Waals surface area (Å²) >= 11 is 0. The van der Waals surface area contributed by atoms with Gasteiger partial charge in [-0.3, -0.25) is 0 Å². The summed E-state index contributed by atoms with van der Waals surface area (Å²) in [5.41, 5.74) is 0.939. The Hall–Kier alpha value is -1.22. The molecule has 1 aromatic carbocycles. The Kier molecular flexibility index (Phi) is 3.89. The highest BCUT2D eigenvalue weighted by Crippen LogP contribution is 2.41. The number of hydrogen-bond donors (Lipinski definition) is 2. The van der Waals surface area contributed by atoms with E-state index in [2.05, 4.69) is 6.92 Å². The van der Waals surface area contributed by atoms with Crippen molar-refractivity contribution in [3.05, 3.63) is 23.8 Å². The van der Waals surface area contributed by atoms with Crippen molar-refractivity contribution in [2.24, 2.45) is 0 Å². The van der Waals surface area contributed by atoms with Crippen LogP contribution in [0, 0.1) is 0 Å².